The normalized spacial score (nSPS) is 12.7. The minimum atomic E-state index is 0.369. The van der Waals surface area contributed by atoms with Crippen LogP contribution in [-0.4, -0.2) is 26.9 Å². The molecule has 0 aromatic heterocycles. The summed E-state index contributed by atoms with van der Waals surface area (Å²) in [4.78, 5) is 0. The molecule has 0 aliphatic heterocycles. The lowest BCUT2D eigenvalue weighted by atomic mass is 10.1. The fourth-order valence-corrected chi connectivity index (χ4v) is 1.66. The third-order valence-electron chi connectivity index (χ3n) is 3.15. The zero-order valence-corrected chi connectivity index (χ0v) is 12.6. The predicted octanol–water partition coefficient (Wildman–Crippen LogP) is 3.41. The molecule has 1 aromatic rings. The maximum Gasteiger partial charge on any atom is 0.119 e. The Hall–Kier alpha value is -1.06. The molecule has 0 amide bonds. The van der Waals surface area contributed by atoms with Crippen molar-refractivity contribution in [2.24, 2.45) is 5.92 Å². The summed E-state index contributed by atoms with van der Waals surface area (Å²) in [5, 5.41) is 3.22. The Bertz CT molecular complexity index is 335. The highest BCUT2D eigenvalue weighted by Gasteiger charge is 2.02. The zero-order chi connectivity index (χ0) is 14.1. The summed E-state index contributed by atoms with van der Waals surface area (Å²) in [6.45, 7) is 8.62. The molecule has 0 bridgehead atoms. The average Bonchev–Trinajstić information content (AvgIpc) is 2.42. The Morgan fingerprint density at radius 1 is 1.00 bits per heavy atom. The summed E-state index contributed by atoms with van der Waals surface area (Å²) in [6, 6.07) is 8.58. The van der Waals surface area contributed by atoms with Gasteiger partial charge in [-0.2, -0.15) is 0 Å². The van der Waals surface area contributed by atoms with Crippen LogP contribution in [0.4, 0.5) is 0 Å². The van der Waals surface area contributed by atoms with Gasteiger partial charge in [-0.3, -0.25) is 0 Å². The Morgan fingerprint density at radius 3 is 2.26 bits per heavy atom. The fourth-order valence-electron chi connectivity index (χ4n) is 1.66. The van der Waals surface area contributed by atoms with Gasteiger partial charge < -0.3 is 14.8 Å². The largest absolute Gasteiger partial charge is 0.491 e. The molecule has 0 saturated heterocycles. The van der Waals surface area contributed by atoms with Crippen molar-refractivity contribution in [1.29, 1.82) is 0 Å². The van der Waals surface area contributed by atoms with E-state index < -0.39 is 0 Å². The second kappa shape index (κ2) is 8.94. The van der Waals surface area contributed by atoms with Gasteiger partial charge in [-0.25, -0.2) is 0 Å². The number of rotatable bonds is 9. The summed E-state index contributed by atoms with van der Waals surface area (Å²) in [5.41, 5.74) is 1.27. The molecule has 3 heteroatoms. The van der Waals surface area contributed by atoms with Crippen LogP contribution in [0.5, 0.6) is 5.75 Å². The molecule has 108 valence electrons. The van der Waals surface area contributed by atoms with E-state index in [1.54, 1.807) is 0 Å². The van der Waals surface area contributed by atoms with Crippen molar-refractivity contribution in [3.8, 4) is 5.75 Å². The molecule has 0 saturated carbocycles. The van der Waals surface area contributed by atoms with Gasteiger partial charge in [0, 0.05) is 12.6 Å². The highest BCUT2D eigenvalue weighted by Crippen LogP contribution is 2.17. The number of hydrogen-bond acceptors (Lipinski definition) is 3. The predicted molar refractivity (Wildman–Crippen MR) is 79.7 cm³/mol. The molecular weight excluding hydrogens is 238 g/mol. The van der Waals surface area contributed by atoms with Crippen LogP contribution in [0.15, 0.2) is 24.3 Å². The summed E-state index contributed by atoms with van der Waals surface area (Å²) in [5.74, 6) is 1.60. The molecule has 1 atom stereocenters. The van der Waals surface area contributed by atoms with Gasteiger partial charge in [0.05, 0.1) is 6.61 Å². The third kappa shape index (κ3) is 6.60. The van der Waals surface area contributed by atoms with Crippen molar-refractivity contribution in [2.45, 2.75) is 33.2 Å². The van der Waals surface area contributed by atoms with Gasteiger partial charge in [0.2, 0.25) is 0 Å². The van der Waals surface area contributed by atoms with Crippen LogP contribution in [0.25, 0.3) is 0 Å². The summed E-state index contributed by atoms with van der Waals surface area (Å²) < 4.78 is 11.1. The molecule has 0 heterocycles. The lowest BCUT2D eigenvalue weighted by molar-refractivity contribution is 0.0926. The zero-order valence-electron chi connectivity index (χ0n) is 12.6. The lowest BCUT2D eigenvalue weighted by Gasteiger charge is -2.12. The first-order chi connectivity index (χ1) is 9.13. The number of hydrogen-bond donors (Lipinski definition) is 1. The van der Waals surface area contributed by atoms with Crippen molar-refractivity contribution in [3.63, 3.8) is 0 Å². The van der Waals surface area contributed by atoms with Gasteiger partial charge in [0.15, 0.2) is 0 Å². The van der Waals surface area contributed by atoms with Gasteiger partial charge in [-0.15, -0.1) is 0 Å². The molecule has 0 spiro atoms. The summed E-state index contributed by atoms with van der Waals surface area (Å²) in [6.07, 6.45) is 1.11. The van der Waals surface area contributed by atoms with E-state index in [1.165, 1.54) is 5.56 Å². The number of ether oxygens (including phenoxy) is 2. The van der Waals surface area contributed by atoms with E-state index in [9.17, 15) is 0 Å². The van der Waals surface area contributed by atoms with Crippen molar-refractivity contribution in [3.05, 3.63) is 29.8 Å². The first-order valence-corrected chi connectivity index (χ1v) is 7.11. The van der Waals surface area contributed by atoms with E-state index >= 15 is 0 Å². The number of benzene rings is 1. The molecule has 1 rings (SSSR count). The molecule has 0 fully saturated rings. The van der Waals surface area contributed by atoms with E-state index in [0.29, 0.717) is 25.2 Å². The molecule has 0 aliphatic rings. The van der Waals surface area contributed by atoms with Crippen molar-refractivity contribution >= 4 is 0 Å². The fraction of sp³-hybridized carbons (Fsp3) is 0.625. The van der Waals surface area contributed by atoms with Crippen LogP contribution in [0.3, 0.4) is 0 Å². The Kier molecular flexibility index (Phi) is 7.53. The second-order valence-corrected chi connectivity index (χ2v) is 5.22. The number of nitrogens with one attached hydrogen (secondary N) is 1. The molecule has 19 heavy (non-hydrogen) atoms. The van der Waals surface area contributed by atoms with Gasteiger partial charge in [0.1, 0.15) is 12.4 Å². The van der Waals surface area contributed by atoms with E-state index in [0.717, 1.165) is 18.8 Å². The van der Waals surface area contributed by atoms with Crippen LogP contribution in [-0.2, 0) is 4.74 Å². The topological polar surface area (TPSA) is 30.5 Å². The first-order valence-electron chi connectivity index (χ1n) is 7.11. The molecule has 1 N–H and O–H groups in total. The van der Waals surface area contributed by atoms with E-state index in [4.69, 9.17) is 9.47 Å². The quantitative estimate of drug-likeness (QED) is 0.694. The maximum absolute atomic E-state index is 5.64. The molecule has 3 nitrogen and oxygen atoms in total. The Balaban J connectivity index is 2.19. The Morgan fingerprint density at radius 2 is 1.68 bits per heavy atom. The highest BCUT2D eigenvalue weighted by atomic mass is 16.5. The second-order valence-electron chi connectivity index (χ2n) is 5.22. The minimum Gasteiger partial charge on any atom is -0.491 e. The van der Waals surface area contributed by atoms with E-state index in [2.05, 4.69) is 38.2 Å². The van der Waals surface area contributed by atoms with Gasteiger partial charge in [-0.1, -0.05) is 26.0 Å². The van der Waals surface area contributed by atoms with E-state index in [-0.39, 0.29) is 0 Å². The van der Waals surface area contributed by atoms with E-state index in [1.807, 2.05) is 19.2 Å². The smallest absolute Gasteiger partial charge is 0.119 e. The molecule has 1 unspecified atom stereocenters. The van der Waals surface area contributed by atoms with Crippen molar-refractivity contribution in [2.75, 3.05) is 26.9 Å². The monoisotopic (exact) mass is 265 g/mol. The summed E-state index contributed by atoms with van der Waals surface area (Å²) in [7, 11) is 1.96. The van der Waals surface area contributed by atoms with Gasteiger partial charge in [0.25, 0.3) is 0 Å². The minimum absolute atomic E-state index is 0.369. The lowest BCUT2D eigenvalue weighted by Crippen LogP contribution is -2.12. The van der Waals surface area contributed by atoms with Crippen LogP contribution >= 0.6 is 0 Å². The first kappa shape index (κ1) is 16.0. The van der Waals surface area contributed by atoms with Crippen LogP contribution in [0, 0.1) is 5.92 Å². The van der Waals surface area contributed by atoms with Gasteiger partial charge >= 0.3 is 0 Å². The highest BCUT2D eigenvalue weighted by molar-refractivity contribution is 5.28. The molecular formula is C16H27NO2. The molecule has 0 aliphatic carbocycles. The third-order valence-corrected chi connectivity index (χ3v) is 3.15. The SMILES string of the molecule is CNC(C)c1ccc(OCCOCCC(C)C)cc1. The molecule has 1 aromatic carbocycles. The van der Waals surface area contributed by atoms with Crippen molar-refractivity contribution in [1.82, 2.24) is 5.32 Å². The standard InChI is InChI=1S/C16H27NO2/c1-13(2)9-10-18-11-12-19-16-7-5-15(6-8-16)14(3)17-4/h5-8,13-14,17H,9-12H2,1-4H3. The maximum atomic E-state index is 5.64. The van der Waals surface area contributed by atoms with Crippen LogP contribution < -0.4 is 10.1 Å². The summed E-state index contributed by atoms with van der Waals surface area (Å²) >= 11 is 0. The van der Waals surface area contributed by atoms with Crippen LogP contribution in [0.1, 0.15) is 38.8 Å². The van der Waals surface area contributed by atoms with Gasteiger partial charge in [-0.05, 0) is 44.0 Å². The average molecular weight is 265 g/mol. The van der Waals surface area contributed by atoms with Crippen LogP contribution in [0.2, 0.25) is 0 Å². The molecule has 0 radical (unpaired) electrons. The Labute approximate surface area is 117 Å². The van der Waals surface area contributed by atoms with Crippen molar-refractivity contribution < 1.29 is 9.47 Å².